The van der Waals surface area contributed by atoms with Gasteiger partial charge >= 0.3 is 5.97 Å². The van der Waals surface area contributed by atoms with Gasteiger partial charge in [0, 0.05) is 6.20 Å². The highest BCUT2D eigenvalue weighted by molar-refractivity contribution is 5.83. The van der Waals surface area contributed by atoms with Gasteiger partial charge in [0.2, 0.25) is 5.91 Å². The van der Waals surface area contributed by atoms with E-state index in [1.54, 1.807) is 6.92 Å². The average molecular weight is 212 g/mol. The Labute approximate surface area is 86.1 Å². The van der Waals surface area contributed by atoms with Gasteiger partial charge in [0.05, 0.1) is 6.20 Å². The molecule has 0 fully saturated rings. The number of carbonyl (C=O) groups is 2. The highest BCUT2D eigenvalue weighted by atomic mass is 16.4. The zero-order chi connectivity index (χ0) is 11.3. The monoisotopic (exact) mass is 212 g/mol. The summed E-state index contributed by atoms with van der Waals surface area (Å²) in [5, 5.41) is 18.2. The maximum Gasteiger partial charge on any atom is 0.326 e. The molecule has 0 aromatic carbocycles. The summed E-state index contributed by atoms with van der Waals surface area (Å²) in [6.45, 7) is 1.66. The van der Waals surface area contributed by atoms with Crippen molar-refractivity contribution in [1.29, 1.82) is 0 Å². The second-order valence-electron chi connectivity index (χ2n) is 2.97. The Morgan fingerprint density at radius 1 is 1.60 bits per heavy atom. The smallest absolute Gasteiger partial charge is 0.326 e. The van der Waals surface area contributed by atoms with Crippen molar-refractivity contribution in [2.24, 2.45) is 0 Å². The molecule has 0 bridgehead atoms. The fourth-order valence-corrected chi connectivity index (χ4v) is 1.04. The van der Waals surface area contributed by atoms with E-state index in [1.807, 2.05) is 0 Å². The van der Waals surface area contributed by atoms with E-state index in [9.17, 15) is 9.59 Å². The molecule has 1 rings (SSSR count). The van der Waals surface area contributed by atoms with E-state index in [1.165, 1.54) is 17.1 Å². The number of hydrogen-bond acceptors (Lipinski definition) is 4. The van der Waals surface area contributed by atoms with Crippen molar-refractivity contribution >= 4 is 11.9 Å². The minimum Gasteiger partial charge on any atom is -0.480 e. The standard InChI is InChI=1S/C8H12N4O3/c1-2-6(8(14)15)10-7(13)5-12-4-3-9-11-12/h3-4,6H,2,5H2,1H3,(H,10,13)(H,14,15)/t6-/m1/s1. The number of amides is 1. The quantitative estimate of drug-likeness (QED) is 0.669. The number of rotatable bonds is 5. The van der Waals surface area contributed by atoms with E-state index in [-0.39, 0.29) is 6.54 Å². The Kier molecular flexibility index (Phi) is 3.78. The maximum absolute atomic E-state index is 11.3. The number of nitrogens with zero attached hydrogens (tertiary/aromatic N) is 3. The lowest BCUT2D eigenvalue weighted by Gasteiger charge is -2.11. The van der Waals surface area contributed by atoms with Crippen LogP contribution in [-0.2, 0) is 16.1 Å². The molecule has 0 saturated carbocycles. The molecule has 1 aromatic rings. The summed E-state index contributed by atoms with van der Waals surface area (Å²) in [6.07, 6.45) is 3.32. The second kappa shape index (κ2) is 5.08. The van der Waals surface area contributed by atoms with E-state index >= 15 is 0 Å². The Morgan fingerprint density at radius 3 is 2.80 bits per heavy atom. The minimum atomic E-state index is -1.04. The third-order valence-electron chi connectivity index (χ3n) is 1.82. The molecule has 1 aromatic heterocycles. The van der Waals surface area contributed by atoms with Crippen molar-refractivity contribution < 1.29 is 14.7 Å². The van der Waals surface area contributed by atoms with Gasteiger partial charge < -0.3 is 10.4 Å². The summed E-state index contributed by atoms with van der Waals surface area (Å²) in [5.41, 5.74) is 0. The van der Waals surface area contributed by atoms with Crippen LogP contribution in [-0.4, -0.2) is 38.0 Å². The predicted octanol–water partition coefficient (Wildman–Crippen LogP) is -0.743. The fourth-order valence-electron chi connectivity index (χ4n) is 1.04. The van der Waals surface area contributed by atoms with Gasteiger partial charge in [-0.05, 0) is 6.42 Å². The number of carboxylic acids is 1. The van der Waals surface area contributed by atoms with E-state index < -0.39 is 17.9 Å². The summed E-state index contributed by atoms with van der Waals surface area (Å²) >= 11 is 0. The van der Waals surface area contributed by atoms with Gasteiger partial charge in [0.15, 0.2) is 0 Å². The number of aliphatic carboxylic acids is 1. The van der Waals surface area contributed by atoms with Gasteiger partial charge in [0.25, 0.3) is 0 Å². The minimum absolute atomic E-state index is 0.0240. The first-order valence-electron chi connectivity index (χ1n) is 4.49. The summed E-state index contributed by atoms with van der Waals surface area (Å²) in [5.74, 6) is -1.43. The van der Waals surface area contributed by atoms with Gasteiger partial charge in [-0.25, -0.2) is 9.48 Å². The highest BCUT2D eigenvalue weighted by Gasteiger charge is 2.17. The Morgan fingerprint density at radius 2 is 2.33 bits per heavy atom. The molecule has 15 heavy (non-hydrogen) atoms. The molecule has 1 heterocycles. The number of aromatic nitrogens is 3. The van der Waals surface area contributed by atoms with Gasteiger partial charge in [-0.15, -0.1) is 5.10 Å². The molecule has 7 heteroatoms. The van der Waals surface area contributed by atoms with E-state index in [0.29, 0.717) is 6.42 Å². The number of nitrogens with one attached hydrogen (secondary N) is 1. The van der Waals surface area contributed by atoms with Crippen molar-refractivity contribution in [3.05, 3.63) is 12.4 Å². The fraction of sp³-hybridized carbons (Fsp3) is 0.500. The van der Waals surface area contributed by atoms with Crippen molar-refractivity contribution in [3.63, 3.8) is 0 Å². The van der Waals surface area contributed by atoms with Gasteiger partial charge in [-0.2, -0.15) is 0 Å². The topological polar surface area (TPSA) is 97.1 Å². The first kappa shape index (κ1) is 11.2. The van der Waals surface area contributed by atoms with Crippen LogP contribution in [0.4, 0.5) is 0 Å². The maximum atomic E-state index is 11.3. The highest BCUT2D eigenvalue weighted by Crippen LogP contribution is 1.91. The lowest BCUT2D eigenvalue weighted by molar-refractivity contribution is -0.142. The third kappa shape index (κ3) is 3.37. The molecule has 0 radical (unpaired) electrons. The third-order valence-corrected chi connectivity index (χ3v) is 1.82. The molecule has 2 N–H and O–H groups in total. The van der Waals surface area contributed by atoms with Crippen LogP contribution >= 0.6 is 0 Å². The normalized spacial score (nSPS) is 12.1. The van der Waals surface area contributed by atoms with E-state index in [0.717, 1.165) is 0 Å². The lowest BCUT2D eigenvalue weighted by Crippen LogP contribution is -2.41. The van der Waals surface area contributed by atoms with Gasteiger partial charge in [-0.1, -0.05) is 12.1 Å². The van der Waals surface area contributed by atoms with Crippen molar-refractivity contribution in [2.45, 2.75) is 25.9 Å². The van der Waals surface area contributed by atoms with E-state index in [2.05, 4.69) is 15.6 Å². The number of carbonyl (C=O) groups excluding carboxylic acids is 1. The summed E-state index contributed by atoms with van der Waals surface area (Å²) < 4.78 is 1.32. The molecule has 0 spiro atoms. The predicted molar refractivity (Wildman–Crippen MR) is 49.9 cm³/mol. The molecule has 82 valence electrons. The van der Waals surface area contributed by atoms with Crippen LogP contribution in [0.3, 0.4) is 0 Å². The molecule has 0 aliphatic rings. The van der Waals surface area contributed by atoms with Crippen LogP contribution in [0.25, 0.3) is 0 Å². The van der Waals surface area contributed by atoms with Crippen molar-refractivity contribution in [1.82, 2.24) is 20.3 Å². The number of carboxylic acid groups (broad SMARTS) is 1. The van der Waals surface area contributed by atoms with E-state index in [4.69, 9.17) is 5.11 Å². The zero-order valence-electron chi connectivity index (χ0n) is 8.25. The molecular weight excluding hydrogens is 200 g/mol. The van der Waals surface area contributed by atoms with Crippen LogP contribution in [0.1, 0.15) is 13.3 Å². The Hall–Kier alpha value is -1.92. The van der Waals surface area contributed by atoms with Crippen LogP contribution < -0.4 is 5.32 Å². The lowest BCUT2D eigenvalue weighted by atomic mass is 10.2. The Balaban J connectivity index is 2.45. The SMILES string of the molecule is CC[C@@H](NC(=O)Cn1ccnn1)C(=O)O. The summed E-state index contributed by atoms with van der Waals surface area (Å²) in [4.78, 5) is 21.9. The molecule has 7 nitrogen and oxygen atoms in total. The Bertz CT molecular complexity index is 336. The van der Waals surface area contributed by atoms with Crippen LogP contribution in [0.2, 0.25) is 0 Å². The molecule has 1 atom stereocenters. The first-order chi connectivity index (χ1) is 7.13. The number of hydrogen-bond donors (Lipinski definition) is 2. The van der Waals surface area contributed by atoms with Crippen molar-refractivity contribution in [3.8, 4) is 0 Å². The molecular formula is C8H12N4O3. The first-order valence-corrected chi connectivity index (χ1v) is 4.49. The molecule has 1 amide bonds. The van der Waals surface area contributed by atoms with Gasteiger partial charge in [0.1, 0.15) is 12.6 Å². The van der Waals surface area contributed by atoms with Crippen LogP contribution in [0.5, 0.6) is 0 Å². The average Bonchev–Trinajstić information content (AvgIpc) is 2.66. The van der Waals surface area contributed by atoms with Crippen LogP contribution in [0, 0.1) is 0 Å². The molecule has 0 aliphatic heterocycles. The molecule has 0 saturated heterocycles. The molecule has 0 aliphatic carbocycles. The van der Waals surface area contributed by atoms with Crippen LogP contribution in [0.15, 0.2) is 12.4 Å². The second-order valence-corrected chi connectivity index (χ2v) is 2.97. The largest absolute Gasteiger partial charge is 0.480 e. The summed E-state index contributed by atoms with van der Waals surface area (Å²) in [7, 11) is 0. The van der Waals surface area contributed by atoms with Crippen molar-refractivity contribution in [2.75, 3.05) is 0 Å². The van der Waals surface area contributed by atoms with Gasteiger partial charge in [-0.3, -0.25) is 4.79 Å². The molecule has 0 unspecified atom stereocenters. The zero-order valence-corrected chi connectivity index (χ0v) is 8.25. The summed E-state index contributed by atoms with van der Waals surface area (Å²) in [6, 6.07) is -0.846.